The van der Waals surface area contributed by atoms with Gasteiger partial charge in [-0.15, -0.1) is 0 Å². The Bertz CT molecular complexity index is 397. The molecule has 0 unspecified atom stereocenters. The van der Waals surface area contributed by atoms with E-state index < -0.39 is 11.6 Å². The molecular formula is C13H19BrF2N2. The van der Waals surface area contributed by atoms with Crippen molar-refractivity contribution in [3.05, 3.63) is 33.8 Å². The highest BCUT2D eigenvalue weighted by molar-refractivity contribution is 9.10. The van der Waals surface area contributed by atoms with E-state index in [4.69, 9.17) is 0 Å². The first-order valence-corrected chi connectivity index (χ1v) is 6.66. The number of rotatable bonds is 6. The van der Waals surface area contributed by atoms with E-state index >= 15 is 0 Å². The molecule has 0 radical (unpaired) electrons. The maximum Gasteiger partial charge on any atom is 0.144 e. The Balaban J connectivity index is 2.59. The van der Waals surface area contributed by atoms with Crippen LogP contribution in [0.2, 0.25) is 0 Å². The van der Waals surface area contributed by atoms with Crippen molar-refractivity contribution in [3.63, 3.8) is 0 Å². The Labute approximate surface area is 116 Å². The van der Waals surface area contributed by atoms with E-state index in [1.165, 1.54) is 12.1 Å². The molecule has 0 saturated carbocycles. The predicted molar refractivity (Wildman–Crippen MR) is 73.6 cm³/mol. The summed E-state index contributed by atoms with van der Waals surface area (Å²) in [7, 11) is 5.89. The summed E-state index contributed by atoms with van der Waals surface area (Å²) in [6.07, 6.45) is 0.973. The molecule has 0 heterocycles. The summed E-state index contributed by atoms with van der Waals surface area (Å²) in [5.41, 5.74) is 0.122. The first kappa shape index (κ1) is 15.5. The van der Waals surface area contributed by atoms with Crippen LogP contribution in [-0.4, -0.2) is 44.0 Å². The van der Waals surface area contributed by atoms with Crippen LogP contribution in [0.25, 0.3) is 0 Å². The SMILES string of the molecule is CN(C)CCCN(C)Cc1c(F)ccc(Br)c1F. The first-order valence-electron chi connectivity index (χ1n) is 5.87. The molecule has 0 aliphatic carbocycles. The van der Waals surface area contributed by atoms with Crippen molar-refractivity contribution in [2.24, 2.45) is 0 Å². The first-order chi connectivity index (χ1) is 8.41. The van der Waals surface area contributed by atoms with Gasteiger partial charge < -0.3 is 9.80 Å². The minimum atomic E-state index is -0.505. The third-order valence-electron chi connectivity index (χ3n) is 2.71. The maximum absolute atomic E-state index is 13.8. The molecule has 5 heteroatoms. The van der Waals surface area contributed by atoms with Gasteiger partial charge >= 0.3 is 0 Å². The van der Waals surface area contributed by atoms with Crippen LogP contribution in [0.4, 0.5) is 8.78 Å². The van der Waals surface area contributed by atoms with Crippen LogP contribution >= 0.6 is 15.9 Å². The highest BCUT2D eigenvalue weighted by atomic mass is 79.9. The van der Waals surface area contributed by atoms with Crippen molar-refractivity contribution in [1.29, 1.82) is 0 Å². The van der Waals surface area contributed by atoms with E-state index in [9.17, 15) is 8.78 Å². The number of hydrogen-bond donors (Lipinski definition) is 0. The normalized spacial score (nSPS) is 11.6. The number of benzene rings is 1. The highest BCUT2D eigenvalue weighted by Gasteiger charge is 2.13. The average molecular weight is 321 g/mol. The molecule has 1 aromatic carbocycles. The van der Waals surface area contributed by atoms with Crippen molar-refractivity contribution in [3.8, 4) is 0 Å². The molecule has 0 atom stereocenters. The second-order valence-corrected chi connectivity index (χ2v) is 5.57. The second-order valence-electron chi connectivity index (χ2n) is 4.72. The molecular weight excluding hydrogens is 302 g/mol. The quantitative estimate of drug-likeness (QED) is 0.743. The van der Waals surface area contributed by atoms with Crippen LogP contribution in [0.5, 0.6) is 0 Å². The van der Waals surface area contributed by atoms with Gasteiger partial charge in [0.2, 0.25) is 0 Å². The Kier molecular flexibility index (Phi) is 6.18. The monoisotopic (exact) mass is 320 g/mol. The molecule has 0 spiro atoms. The topological polar surface area (TPSA) is 6.48 Å². The molecule has 0 aliphatic heterocycles. The standard InChI is InChI=1S/C13H19BrF2N2/c1-17(2)7-4-8-18(3)9-10-12(15)6-5-11(14)13(10)16/h5-6H,4,7-9H2,1-3H3. The summed E-state index contributed by atoms with van der Waals surface area (Å²) in [6, 6.07) is 2.68. The molecule has 0 saturated heterocycles. The Morgan fingerprint density at radius 3 is 2.39 bits per heavy atom. The summed E-state index contributed by atoms with van der Waals surface area (Å²) in [4.78, 5) is 4.02. The molecule has 1 rings (SSSR count). The molecule has 18 heavy (non-hydrogen) atoms. The molecule has 102 valence electrons. The zero-order valence-electron chi connectivity index (χ0n) is 11.0. The van der Waals surface area contributed by atoms with Gasteiger partial charge in [0.25, 0.3) is 0 Å². The minimum absolute atomic E-state index is 0.122. The molecule has 0 bridgehead atoms. The summed E-state index contributed by atoms with van der Waals surface area (Å²) >= 11 is 3.08. The van der Waals surface area contributed by atoms with Crippen LogP contribution in [0.3, 0.4) is 0 Å². The van der Waals surface area contributed by atoms with Gasteiger partial charge in [-0.05, 0) is 68.7 Å². The number of hydrogen-bond acceptors (Lipinski definition) is 2. The van der Waals surface area contributed by atoms with E-state index in [1.807, 2.05) is 26.0 Å². The van der Waals surface area contributed by atoms with Crippen molar-refractivity contribution < 1.29 is 8.78 Å². The Morgan fingerprint density at radius 1 is 1.11 bits per heavy atom. The molecule has 0 aliphatic rings. The van der Waals surface area contributed by atoms with E-state index in [0.717, 1.165) is 19.5 Å². The predicted octanol–water partition coefficient (Wildman–Crippen LogP) is 3.11. The lowest BCUT2D eigenvalue weighted by Crippen LogP contribution is -2.24. The number of nitrogens with zero attached hydrogens (tertiary/aromatic N) is 2. The van der Waals surface area contributed by atoms with Gasteiger partial charge in [-0.3, -0.25) is 0 Å². The van der Waals surface area contributed by atoms with Crippen LogP contribution < -0.4 is 0 Å². The summed E-state index contributed by atoms with van der Waals surface area (Å²) in [5, 5.41) is 0. The third kappa shape index (κ3) is 4.63. The summed E-state index contributed by atoms with van der Waals surface area (Å²) in [6.45, 7) is 2.06. The molecule has 1 aromatic rings. The van der Waals surface area contributed by atoms with Crippen LogP contribution in [0.1, 0.15) is 12.0 Å². The fourth-order valence-electron chi connectivity index (χ4n) is 1.72. The zero-order chi connectivity index (χ0) is 13.7. The fraction of sp³-hybridized carbons (Fsp3) is 0.538. The largest absolute Gasteiger partial charge is 0.309 e. The summed E-state index contributed by atoms with van der Waals surface area (Å²) < 4.78 is 27.6. The zero-order valence-corrected chi connectivity index (χ0v) is 12.6. The lowest BCUT2D eigenvalue weighted by atomic mass is 10.2. The van der Waals surface area contributed by atoms with Gasteiger partial charge in [-0.25, -0.2) is 8.78 Å². The Morgan fingerprint density at radius 2 is 1.78 bits per heavy atom. The maximum atomic E-state index is 13.8. The van der Waals surface area contributed by atoms with Gasteiger partial charge in [-0.2, -0.15) is 0 Å². The van der Waals surface area contributed by atoms with Crippen molar-refractivity contribution in [2.45, 2.75) is 13.0 Å². The average Bonchev–Trinajstić information content (AvgIpc) is 2.29. The highest BCUT2D eigenvalue weighted by Crippen LogP contribution is 2.22. The van der Waals surface area contributed by atoms with Crippen LogP contribution in [0, 0.1) is 11.6 Å². The van der Waals surface area contributed by atoms with Gasteiger partial charge in [0.15, 0.2) is 0 Å². The smallest absolute Gasteiger partial charge is 0.144 e. The third-order valence-corrected chi connectivity index (χ3v) is 3.32. The second kappa shape index (κ2) is 7.16. The molecule has 2 nitrogen and oxygen atoms in total. The van der Waals surface area contributed by atoms with Gasteiger partial charge in [-0.1, -0.05) is 0 Å². The fourth-order valence-corrected chi connectivity index (χ4v) is 2.09. The number of halogens is 3. The lowest BCUT2D eigenvalue weighted by Gasteiger charge is -2.19. The van der Waals surface area contributed by atoms with E-state index in [0.29, 0.717) is 4.47 Å². The van der Waals surface area contributed by atoms with Crippen molar-refractivity contribution in [1.82, 2.24) is 9.80 Å². The van der Waals surface area contributed by atoms with Crippen molar-refractivity contribution >= 4 is 15.9 Å². The molecule has 0 fully saturated rings. The van der Waals surface area contributed by atoms with Gasteiger partial charge in [0.1, 0.15) is 11.6 Å². The van der Waals surface area contributed by atoms with Crippen molar-refractivity contribution in [2.75, 3.05) is 34.2 Å². The van der Waals surface area contributed by atoms with Gasteiger partial charge in [0, 0.05) is 12.1 Å². The molecule has 0 aromatic heterocycles. The van der Waals surface area contributed by atoms with E-state index in [2.05, 4.69) is 20.8 Å². The molecule has 0 amide bonds. The Hall–Kier alpha value is -0.520. The van der Waals surface area contributed by atoms with Crippen LogP contribution in [-0.2, 0) is 6.54 Å². The summed E-state index contributed by atoms with van der Waals surface area (Å²) in [5.74, 6) is -0.996. The van der Waals surface area contributed by atoms with Crippen LogP contribution in [0.15, 0.2) is 16.6 Å². The van der Waals surface area contributed by atoms with Gasteiger partial charge in [0.05, 0.1) is 4.47 Å². The molecule has 0 N–H and O–H groups in total. The van der Waals surface area contributed by atoms with E-state index in [1.54, 1.807) is 0 Å². The van der Waals surface area contributed by atoms with E-state index in [-0.39, 0.29) is 12.1 Å². The minimum Gasteiger partial charge on any atom is -0.309 e. The lowest BCUT2D eigenvalue weighted by molar-refractivity contribution is 0.287.